The van der Waals surface area contributed by atoms with Crippen LogP contribution in [-0.2, 0) is 6.42 Å². The largest absolute Gasteiger partial charge is 0.374 e. The number of pyridine rings is 1. The van der Waals surface area contributed by atoms with E-state index in [1.54, 1.807) is 10.8 Å². The van der Waals surface area contributed by atoms with Crippen molar-refractivity contribution in [3.05, 3.63) is 47.7 Å². The molecule has 22 heavy (non-hydrogen) atoms. The second kappa shape index (κ2) is 6.09. The quantitative estimate of drug-likeness (QED) is 0.784. The maximum atomic E-state index is 4.53. The van der Waals surface area contributed by atoms with Crippen molar-refractivity contribution in [3.8, 4) is 0 Å². The van der Waals surface area contributed by atoms with Crippen LogP contribution in [0.15, 0.2) is 30.7 Å². The van der Waals surface area contributed by atoms with Crippen LogP contribution in [0.3, 0.4) is 0 Å². The standard InChI is InChI=1S/C16H20N6/c1-4-12-9-14(16-20-18-10-22(16)21-12)19-13(5-2)15-11(3)7-6-8-17-15/h6-10,13,19H,4-5H2,1-3H3. The molecule has 3 heterocycles. The lowest BCUT2D eigenvalue weighted by atomic mass is 10.1. The highest BCUT2D eigenvalue weighted by Gasteiger charge is 2.16. The van der Waals surface area contributed by atoms with Crippen LogP contribution in [0.5, 0.6) is 0 Å². The number of rotatable bonds is 5. The van der Waals surface area contributed by atoms with Gasteiger partial charge in [-0.1, -0.05) is 19.9 Å². The van der Waals surface area contributed by atoms with Crippen molar-refractivity contribution in [1.82, 2.24) is 24.8 Å². The summed E-state index contributed by atoms with van der Waals surface area (Å²) in [4.78, 5) is 4.53. The highest BCUT2D eigenvalue weighted by atomic mass is 15.3. The summed E-state index contributed by atoms with van der Waals surface area (Å²) in [6, 6.07) is 6.23. The molecule has 3 rings (SSSR count). The molecule has 0 fully saturated rings. The van der Waals surface area contributed by atoms with E-state index in [9.17, 15) is 0 Å². The molecule has 1 N–H and O–H groups in total. The van der Waals surface area contributed by atoms with Gasteiger partial charge in [-0.25, -0.2) is 0 Å². The molecule has 0 aromatic carbocycles. The monoisotopic (exact) mass is 296 g/mol. The van der Waals surface area contributed by atoms with Crippen LogP contribution in [0, 0.1) is 6.92 Å². The van der Waals surface area contributed by atoms with E-state index in [1.807, 2.05) is 18.3 Å². The minimum Gasteiger partial charge on any atom is -0.374 e. The maximum Gasteiger partial charge on any atom is 0.200 e. The van der Waals surface area contributed by atoms with E-state index in [0.29, 0.717) is 0 Å². The molecule has 0 aliphatic rings. The summed E-state index contributed by atoms with van der Waals surface area (Å²) < 4.78 is 1.72. The van der Waals surface area contributed by atoms with Crippen LogP contribution in [0.1, 0.15) is 43.3 Å². The van der Waals surface area contributed by atoms with Gasteiger partial charge in [0.15, 0.2) is 0 Å². The van der Waals surface area contributed by atoms with E-state index in [2.05, 4.69) is 52.4 Å². The third-order valence-corrected chi connectivity index (χ3v) is 3.80. The Morgan fingerprint density at radius 2 is 2.18 bits per heavy atom. The first-order valence-corrected chi connectivity index (χ1v) is 7.61. The van der Waals surface area contributed by atoms with Crippen molar-refractivity contribution in [2.75, 3.05) is 5.32 Å². The molecule has 3 aromatic heterocycles. The average molecular weight is 296 g/mol. The number of aryl methyl sites for hydroxylation is 2. The van der Waals surface area contributed by atoms with Crippen molar-refractivity contribution in [2.24, 2.45) is 0 Å². The first kappa shape index (κ1) is 14.4. The van der Waals surface area contributed by atoms with Gasteiger partial charge in [0.2, 0.25) is 5.65 Å². The highest BCUT2D eigenvalue weighted by molar-refractivity contribution is 5.67. The Bertz CT molecular complexity index is 779. The van der Waals surface area contributed by atoms with Crippen LogP contribution in [0.4, 0.5) is 5.69 Å². The lowest BCUT2D eigenvalue weighted by Gasteiger charge is -2.20. The molecule has 0 saturated carbocycles. The van der Waals surface area contributed by atoms with Crippen LogP contribution >= 0.6 is 0 Å². The predicted octanol–water partition coefficient (Wildman–Crippen LogP) is 2.95. The van der Waals surface area contributed by atoms with Crippen LogP contribution in [0.2, 0.25) is 0 Å². The van der Waals surface area contributed by atoms with E-state index < -0.39 is 0 Å². The molecule has 6 heteroatoms. The third-order valence-electron chi connectivity index (χ3n) is 3.80. The highest BCUT2D eigenvalue weighted by Crippen LogP contribution is 2.25. The van der Waals surface area contributed by atoms with Gasteiger partial charge in [0, 0.05) is 6.20 Å². The van der Waals surface area contributed by atoms with Gasteiger partial charge in [-0.15, -0.1) is 10.2 Å². The molecule has 0 radical (unpaired) electrons. The number of aromatic nitrogens is 5. The van der Waals surface area contributed by atoms with Gasteiger partial charge in [0.1, 0.15) is 6.33 Å². The molecule has 3 aromatic rings. The van der Waals surface area contributed by atoms with Crippen molar-refractivity contribution in [2.45, 2.75) is 39.7 Å². The zero-order valence-electron chi connectivity index (χ0n) is 13.1. The molecule has 0 aliphatic heterocycles. The summed E-state index contributed by atoms with van der Waals surface area (Å²) in [5, 5.41) is 16.2. The van der Waals surface area contributed by atoms with Gasteiger partial charge in [0.25, 0.3) is 0 Å². The molecular weight excluding hydrogens is 276 g/mol. The fourth-order valence-corrected chi connectivity index (χ4v) is 2.57. The van der Waals surface area contributed by atoms with Crippen molar-refractivity contribution >= 4 is 11.3 Å². The fourth-order valence-electron chi connectivity index (χ4n) is 2.57. The minimum atomic E-state index is 0.133. The lowest BCUT2D eigenvalue weighted by molar-refractivity contribution is 0.715. The molecule has 1 atom stereocenters. The second-order valence-electron chi connectivity index (χ2n) is 5.31. The third kappa shape index (κ3) is 2.64. The molecule has 114 valence electrons. The summed E-state index contributed by atoms with van der Waals surface area (Å²) in [5.41, 5.74) is 4.94. The first-order valence-electron chi connectivity index (χ1n) is 7.61. The van der Waals surface area contributed by atoms with Gasteiger partial charge in [-0.05, 0) is 37.5 Å². The Kier molecular flexibility index (Phi) is 4.00. The zero-order chi connectivity index (χ0) is 15.5. The SMILES string of the molecule is CCc1cc(NC(CC)c2ncccc2C)c2nncn2n1. The first-order chi connectivity index (χ1) is 10.7. The van der Waals surface area contributed by atoms with Gasteiger partial charge in [-0.2, -0.15) is 9.61 Å². The summed E-state index contributed by atoms with van der Waals surface area (Å²) in [7, 11) is 0. The summed E-state index contributed by atoms with van der Waals surface area (Å²) in [6.07, 6.45) is 5.26. The molecule has 6 nitrogen and oxygen atoms in total. The van der Waals surface area contributed by atoms with Gasteiger partial charge >= 0.3 is 0 Å². The van der Waals surface area contributed by atoms with E-state index >= 15 is 0 Å². The van der Waals surface area contributed by atoms with E-state index in [0.717, 1.165) is 35.6 Å². The average Bonchev–Trinajstić information content (AvgIpc) is 3.01. The van der Waals surface area contributed by atoms with Crippen molar-refractivity contribution in [1.29, 1.82) is 0 Å². The number of hydrogen-bond donors (Lipinski definition) is 1. The molecular formula is C16H20N6. The zero-order valence-corrected chi connectivity index (χ0v) is 13.1. The van der Waals surface area contributed by atoms with Crippen molar-refractivity contribution < 1.29 is 0 Å². The Labute approximate surface area is 129 Å². The predicted molar refractivity (Wildman–Crippen MR) is 85.8 cm³/mol. The molecule has 0 amide bonds. The Morgan fingerprint density at radius 3 is 2.91 bits per heavy atom. The second-order valence-corrected chi connectivity index (χ2v) is 5.31. The Hall–Kier alpha value is -2.50. The fraction of sp³-hybridized carbons (Fsp3) is 0.375. The van der Waals surface area contributed by atoms with E-state index in [4.69, 9.17) is 0 Å². The number of anilines is 1. The minimum absolute atomic E-state index is 0.133. The Balaban J connectivity index is 2.00. The van der Waals surface area contributed by atoms with E-state index in [-0.39, 0.29) is 6.04 Å². The smallest absolute Gasteiger partial charge is 0.200 e. The molecule has 0 bridgehead atoms. The van der Waals surface area contributed by atoms with Gasteiger partial charge in [0.05, 0.1) is 23.1 Å². The summed E-state index contributed by atoms with van der Waals surface area (Å²) in [6.45, 7) is 6.32. The maximum absolute atomic E-state index is 4.53. The number of nitrogens with one attached hydrogen (secondary N) is 1. The molecule has 0 aliphatic carbocycles. The molecule has 0 spiro atoms. The van der Waals surface area contributed by atoms with Crippen molar-refractivity contribution in [3.63, 3.8) is 0 Å². The molecule has 1 unspecified atom stereocenters. The molecule has 0 saturated heterocycles. The number of fused-ring (bicyclic) bond motifs is 1. The van der Waals surface area contributed by atoms with Crippen LogP contribution in [0.25, 0.3) is 5.65 Å². The lowest BCUT2D eigenvalue weighted by Crippen LogP contribution is -2.14. The van der Waals surface area contributed by atoms with Gasteiger partial charge in [-0.3, -0.25) is 4.98 Å². The van der Waals surface area contributed by atoms with E-state index in [1.165, 1.54) is 5.56 Å². The van der Waals surface area contributed by atoms with Crippen LogP contribution < -0.4 is 5.32 Å². The Morgan fingerprint density at radius 1 is 1.32 bits per heavy atom. The summed E-state index contributed by atoms with van der Waals surface area (Å²) in [5.74, 6) is 0. The van der Waals surface area contributed by atoms with Gasteiger partial charge < -0.3 is 5.32 Å². The summed E-state index contributed by atoms with van der Waals surface area (Å²) >= 11 is 0. The number of hydrogen-bond acceptors (Lipinski definition) is 5. The topological polar surface area (TPSA) is 68.0 Å². The number of nitrogens with zero attached hydrogens (tertiary/aromatic N) is 5. The normalized spacial score (nSPS) is 12.5. The van der Waals surface area contributed by atoms with Crippen LogP contribution in [-0.4, -0.2) is 24.8 Å².